The highest BCUT2D eigenvalue weighted by Crippen LogP contribution is 2.29. The summed E-state index contributed by atoms with van der Waals surface area (Å²) in [5.74, 6) is -1.21. The highest BCUT2D eigenvalue weighted by atomic mass is 19.1. The van der Waals surface area contributed by atoms with E-state index in [4.69, 9.17) is 9.47 Å². The number of hydrogen-bond donors (Lipinski definition) is 0. The summed E-state index contributed by atoms with van der Waals surface area (Å²) in [4.78, 5) is 0. The summed E-state index contributed by atoms with van der Waals surface area (Å²) in [5.41, 5.74) is 0.267. The average Bonchev–Trinajstić information content (AvgIpc) is 2.65. The smallest absolute Gasteiger partial charge is 0.189 e. The van der Waals surface area contributed by atoms with Crippen LogP contribution in [0.15, 0.2) is 12.1 Å². The fraction of sp³-hybridized carbons (Fsp3) is 0.400. The predicted molar refractivity (Wildman–Crippen MR) is 45.7 cm³/mol. The van der Waals surface area contributed by atoms with Crippen molar-refractivity contribution in [2.45, 2.75) is 13.2 Å². The zero-order chi connectivity index (χ0) is 10.1. The third kappa shape index (κ3) is 1.51. The van der Waals surface area contributed by atoms with E-state index in [1.54, 1.807) is 6.92 Å². The number of rotatable bonds is 1. The van der Waals surface area contributed by atoms with Crippen LogP contribution in [-0.2, 0) is 9.47 Å². The fourth-order valence-electron chi connectivity index (χ4n) is 1.42. The Morgan fingerprint density at radius 2 is 1.86 bits per heavy atom. The van der Waals surface area contributed by atoms with Crippen molar-refractivity contribution in [3.05, 3.63) is 34.9 Å². The van der Waals surface area contributed by atoms with Crippen LogP contribution in [0.2, 0.25) is 0 Å². The van der Waals surface area contributed by atoms with Crippen LogP contribution in [0.3, 0.4) is 0 Å². The minimum absolute atomic E-state index is 0.123. The summed E-state index contributed by atoms with van der Waals surface area (Å²) < 4.78 is 36.9. The Bertz CT molecular complexity index is 346. The van der Waals surface area contributed by atoms with Gasteiger partial charge in [0.25, 0.3) is 0 Å². The molecule has 1 aliphatic heterocycles. The largest absolute Gasteiger partial charge is 0.346 e. The molecule has 0 N–H and O–H groups in total. The maximum atomic E-state index is 13.5. The van der Waals surface area contributed by atoms with Crippen LogP contribution in [0.1, 0.15) is 17.4 Å². The predicted octanol–water partition coefficient (Wildman–Crippen LogP) is 2.32. The Morgan fingerprint density at radius 3 is 2.50 bits per heavy atom. The van der Waals surface area contributed by atoms with Gasteiger partial charge in [-0.1, -0.05) is 6.07 Å². The molecular formula is C10H10F2O2. The second kappa shape index (κ2) is 3.63. The molecule has 1 saturated heterocycles. The maximum absolute atomic E-state index is 13.5. The van der Waals surface area contributed by atoms with Gasteiger partial charge in [-0.3, -0.25) is 0 Å². The molecule has 0 bridgehead atoms. The Balaban J connectivity index is 2.44. The lowest BCUT2D eigenvalue weighted by Gasteiger charge is -2.12. The first-order chi connectivity index (χ1) is 6.70. The summed E-state index contributed by atoms with van der Waals surface area (Å²) in [7, 11) is 0. The summed E-state index contributed by atoms with van der Waals surface area (Å²) in [6.07, 6.45) is -0.894. The van der Waals surface area contributed by atoms with E-state index in [0.717, 1.165) is 0 Å². The van der Waals surface area contributed by atoms with Gasteiger partial charge in [0.1, 0.15) is 11.6 Å². The van der Waals surface area contributed by atoms with E-state index in [1.807, 2.05) is 0 Å². The molecule has 1 fully saturated rings. The second-order valence-electron chi connectivity index (χ2n) is 3.17. The van der Waals surface area contributed by atoms with Gasteiger partial charge < -0.3 is 9.47 Å². The molecule has 14 heavy (non-hydrogen) atoms. The van der Waals surface area contributed by atoms with Gasteiger partial charge in [0.2, 0.25) is 0 Å². The van der Waals surface area contributed by atoms with Crippen LogP contribution in [0.25, 0.3) is 0 Å². The molecule has 1 aromatic rings. The van der Waals surface area contributed by atoms with Crippen molar-refractivity contribution in [1.29, 1.82) is 0 Å². The molecule has 0 aromatic heterocycles. The van der Waals surface area contributed by atoms with Crippen LogP contribution in [0, 0.1) is 18.6 Å². The van der Waals surface area contributed by atoms with E-state index < -0.39 is 17.9 Å². The number of halogens is 2. The molecule has 2 nitrogen and oxygen atoms in total. The molecular weight excluding hydrogens is 190 g/mol. The van der Waals surface area contributed by atoms with Crippen LogP contribution < -0.4 is 0 Å². The lowest BCUT2D eigenvalue weighted by molar-refractivity contribution is -0.0490. The van der Waals surface area contributed by atoms with Crippen LogP contribution in [-0.4, -0.2) is 13.2 Å². The molecule has 1 aliphatic rings. The molecule has 76 valence electrons. The molecule has 0 spiro atoms. The third-order valence-corrected chi connectivity index (χ3v) is 2.18. The first-order valence-electron chi connectivity index (χ1n) is 4.38. The van der Waals surface area contributed by atoms with Crippen molar-refractivity contribution in [1.82, 2.24) is 0 Å². The van der Waals surface area contributed by atoms with Gasteiger partial charge in [0, 0.05) is 0 Å². The molecule has 1 heterocycles. The Morgan fingerprint density at radius 1 is 1.21 bits per heavy atom. The minimum Gasteiger partial charge on any atom is -0.346 e. The van der Waals surface area contributed by atoms with Gasteiger partial charge in [-0.25, -0.2) is 8.78 Å². The van der Waals surface area contributed by atoms with Crippen LogP contribution >= 0.6 is 0 Å². The first kappa shape index (κ1) is 9.55. The zero-order valence-corrected chi connectivity index (χ0v) is 7.72. The molecule has 0 unspecified atom stereocenters. The summed E-state index contributed by atoms with van der Waals surface area (Å²) >= 11 is 0. The lowest BCUT2D eigenvalue weighted by atomic mass is 10.1. The summed E-state index contributed by atoms with van der Waals surface area (Å²) in [5, 5.41) is 0. The monoisotopic (exact) mass is 200 g/mol. The Kier molecular flexibility index (Phi) is 2.48. The van der Waals surface area contributed by atoms with Gasteiger partial charge in [-0.2, -0.15) is 0 Å². The molecule has 0 saturated carbocycles. The number of aryl methyl sites for hydroxylation is 1. The highest BCUT2D eigenvalue weighted by molar-refractivity contribution is 5.27. The number of benzene rings is 1. The van der Waals surface area contributed by atoms with E-state index in [-0.39, 0.29) is 5.56 Å². The van der Waals surface area contributed by atoms with Crippen LogP contribution in [0.4, 0.5) is 8.78 Å². The quantitative estimate of drug-likeness (QED) is 0.692. The van der Waals surface area contributed by atoms with Gasteiger partial charge in [0.05, 0.1) is 18.8 Å². The van der Waals surface area contributed by atoms with E-state index >= 15 is 0 Å². The zero-order valence-electron chi connectivity index (χ0n) is 7.72. The Hall–Kier alpha value is -1.00. The standard InChI is InChI=1S/C10H10F2O2/c1-6-2-3-7(11)8(9(6)12)10-13-4-5-14-10/h2-3,10H,4-5H2,1H3. The van der Waals surface area contributed by atoms with Crippen molar-refractivity contribution < 1.29 is 18.3 Å². The second-order valence-corrected chi connectivity index (χ2v) is 3.17. The van der Waals surface area contributed by atoms with E-state index in [1.165, 1.54) is 12.1 Å². The highest BCUT2D eigenvalue weighted by Gasteiger charge is 2.26. The summed E-state index contributed by atoms with van der Waals surface area (Å²) in [6.45, 7) is 2.32. The normalized spacial score (nSPS) is 17.6. The van der Waals surface area contributed by atoms with Crippen molar-refractivity contribution in [2.24, 2.45) is 0 Å². The topological polar surface area (TPSA) is 18.5 Å². The minimum atomic E-state index is -0.894. The average molecular weight is 200 g/mol. The van der Waals surface area contributed by atoms with Gasteiger partial charge in [-0.05, 0) is 18.6 Å². The maximum Gasteiger partial charge on any atom is 0.189 e. The van der Waals surface area contributed by atoms with E-state index in [0.29, 0.717) is 18.8 Å². The Labute approximate surface area is 80.4 Å². The molecule has 0 radical (unpaired) electrons. The molecule has 0 amide bonds. The van der Waals surface area contributed by atoms with E-state index in [2.05, 4.69) is 0 Å². The molecule has 2 rings (SSSR count). The van der Waals surface area contributed by atoms with Crippen molar-refractivity contribution in [2.75, 3.05) is 13.2 Å². The van der Waals surface area contributed by atoms with E-state index in [9.17, 15) is 8.78 Å². The molecule has 1 aromatic carbocycles. The third-order valence-electron chi connectivity index (χ3n) is 2.18. The van der Waals surface area contributed by atoms with Crippen LogP contribution in [0.5, 0.6) is 0 Å². The fourth-order valence-corrected chi connectivity index (χ4v) is 1.42. The van der Waals surface area contributed by atoms with Gasteiger partial charge in [-0.15, -0.1) is 0 Å². The van der Waals surface area contributed by atoms with Crippen molar-refractivity contribution in [3.8, 4) is 0 Å². The van der Waals surface area contributed by atoms with Gasteiger partial charge in [0.15, 0.2) is 6.29 Å². The lowest BCUT2D eigenvalue weighted by Crippen LogP contribution is -2.06. The van der Waals surface area contributed by atoms with Gasteiger partial charge >= 0.3 is 0 Å². The van der Waals surface area contributed by atoms with Crippen molar-refractivity contribution >= 4 is 0 Å². The first-order valence-corrected chi connectivity index (χ1v) is 4.38. The summed E-state index contributed by atoms with van der Waals surface area (Å²) in [6, 6.07) is 2.61. The number of hydrogen-bond acceptors (Lipinski definition) is 2. The number of ether oxygens (including phenoxy) is 2. The SMILES string of the molecule is Cc1ccc(F)c(C2OCCO2)c1F. The molecule has 4 heteroatoms. The molecule has 0 atom stereocenters. The molecule has 0 aliphatic carbocycles. The van der Waals surface area contributed by atoms with Crippen molar-refractivity contribution in [3.63, 3.8) is 0 Å².